The maximum atomic E-state index is 6.17. The van der Waals surface area contributed by atoms with Crippen molar-refractivity contribution in [1.82, 2.24) is 0 Å². The molecule has 0 aromatic heterocycles. The van der Waals surface area contributed by atoms with Crippen LogP contribution in [0.3, 0.4) is 0 Å². The first kappa shape index (κ1) is 13.9. The van der Waals surface area contributed by atoms with Crippen molar-refractivity contribution in [3.63, 3.8) is 0 Å². The van der Waals surface area contributed by atoms with Gasteiger partial charge in [-0.05, 0) is 31.0 Å². The molecule has 0 saturated carbocycles. The number of halogens is 1. The van der Waals surface area contributed by atoms with Gasteiger partial charge in [-0.3, -0.25) is 0 Å². The van der Waals surface area contributed by atoms with Crippen LogP contribution in [0.15, 0.2) is 29.2 Å². The van der Waals surface area contributed by atoms with Gasteiger partial charge >= 0.3 is 0 Å². The van der Waals surface area contributed by atoms with Crippen LogP contribution in [0.5, 0.6) is 0 Å². The van der Waals surface area contributed by atoms with Crippen molar-refractivity contribution >= 4 is 23.4 Å². The molecule has 1 aromatic carbocycles. The minimum atomic E-state index is 0.277. The Bertz CT molecular complexity index is 317. The summed E-state index contributed by atoms with van der Waals surface area (Å²) < 4.78 is 0. The standard InChI is InChI=1S/C13H20ClNS/c1-3-6-12(15)13(4-2)16-11-8-5-7-10(14)9-11/h5,7-9,12-13H,3-4,6,15H2,1-2H3. The first-order valence-corrected chi connectivity index (χ1v) is 7.11. The third-order valence-corrected chi connectivity index (χ3v) is 4.33. The SMILES string of the molecule is CCCC(N)C(CC)Sc1cccc(Cl)c1. The zero-order valence-electron chi connectivity index (χ0n) is 9.95. The first-order chi connectivity index (χ1) is 7.67. The van der Waals surface area contributed by atoms with Gasteiger partial charge in [-0.15, -0.1) is 11.8 Å². The lowest BCUT2D eigenvalue weighted by molar-refractivity contribution is 0.567. The van der Waals surface area contributed by atoms with Crippen LogP contribution >= 0.6 is 23.4 Å². The largest absolute Gasteiger partial charge is 0.327 e. The molecule has 2 N–H and O–H groups in total. The number of hydrogen-bond acceptors (Lipinski definition) is 2. The molecule has 0 aliphatic rings. The van der Waals surface area contributed by atoms with Crippen LogP contribution < -0.4 is 5.73 Å². The summed E-state index contributed by atoms with van der Waals surface area (Å²) in [6.07, 6.45) is 3.33. The molecule has 0 aliphatic carbocycles. The van der Waals surface area contributed by atoms with Crippen LogP contribution in [0.2, 0.25) is 5.02 Å². The van der Waals surface area contributed by atoms with Crippen LogP contribution in [0, 0.1) is 0 Å². The van der Waals surface area contributed by atoms with Crippen molar-refractivity contribution in [3.8, 4) is 0 Å². The van der Waals surface area contributed by atoms with Gasteiger partial charge in [0.1, 0.15) is 0 Å². The summed E-state index contributed by atoms with van der Waals surface area (Å²) >= 11 is 7.81. The lowest BCUT2D eigenvalue weighted by Crippen LogP contribution is -2.31. The molecule has 0 spiro atoms. The summed E-state index contributed by atoms with van der Waals surface area (Å²) in [5.74, 6) is 0. The van der Waals surface area contributed by atoms with Crippen LogP contribution in [-0.2, 0) is 0 Å². The van der Waals surface area contributed by atoms with Gasteiger partial charge < -0.3 is 5.73 Å². The molecule has 0 heterocycles. The van der Waals surface area contributed by atoms with Crippen LogP contribution in [0.1, 0.15) is 33.1 Å². The van der Waals surface area contributed by atoms with Crippen molar-refractivity contribution in [1.29, 1.82) is 0 Å². The average molecular weight is 258 g/mol. The Morgan fingerprint density at radius 1 is 1.38 bits per heavy atom. The zero-order valence-corrected chi connectivity index (χ0v) is 11.5. The van der Waals surface area contributed by atoms with Gasteiger partial charge in [0.25, 0.3) is 0 Å². The summed E-state index contributed by atoms with van der Waals surface area (Å²) in [5.41, 5.74) is 6.17. The summed E-state index contributed by atoms with van der Waals surface area (Å²) in [6.45, 7) is 4.37. The molecule has 90 valence electrons. The Labute approximate surface area is 108 Å². The Morgan fingerprint density at radius 2 is 2.12 bits per heavy atom. The number of thioether (sulfide) groups is 1. The summed E-state index contributed by atoms with van der Waals surface area (Å²) in [4.78, 5) is 1.21. The molecule has 1 rings (SSSR count). The van der Waals surface area contributed by atoms with E-state index >= 15 is 0 Å². The number of hydrogen-bond donors (Lipinski definition) is 1. The molecular formula is C13H20ClNS. The predicted molar refractivity (Wildman–Crippen MR) is 74.3 cm³/mol. The maximum absolute atomic E-state index is 6.17. The van der Waals surface area contributed by atoms with E-state index < -0.39 is 0 Å². The Hall–Kier alpha value is -0.180. The van der Waals surface area contributed by atoms with Crippen molar-refractivity contribution < 1.29 is 0 Å². The minimum absolute atomic E-state index is 0.277. The quantitative estimate of drug-likeness (QED) is 0.768. The van der Waals surface area contributed by atoms with E-state index in [0.717, 1.165) is 24.3 Å². The van der Waals surface area contributed by atoms with Gasteiger partial charge in [0, 0.05) is 21.2 Å². The lowest BCUT2D eigenvalue weighted by atomic mass is 10.1. The normalized spacial score (nSPS) is 14.8. The molecule has 0 fully saturated rings. The van der Waals surface area contributed by atoms with E-state index in [2.05, 4.69) is 19.9 Å². The second-order valence-corrected chi connectivity index (χ2v) is 5.72. The Balaban J connectivity index is 2.62. The third-order valence-electron chi connectivity index (χ3n) is 2.59. The molecule has 2 unspecified atom stereocenters. The van der Waals surface area contributed by atoms with E-state index in [1.165, 1.54) is 4.90 Å². The summed E-state index contributed by atoms with van der Waals surface area (Å²) in [7, 11) is 0. The molecule has 16 heavy (non-hydrogen) atoms. The molecule has 2 atom stereocenters. The smallest absolute Gasteiger partial charge is 0.0417 e. The highest BCUT2D eigenvalue weighted by Gasteiger charge is 2.16. The highest BCUT2D eigenvalue weighted by molar-refractivity contribution is 8.00. The fourth-order valence-corrected chi connectivity index (χ4v) is 3.14. The molecule has 0 saturated heterocycles. The van der Waals surface area contributed by atoms with E-state index in [-0.39, 0.29) is 6.04 Å². The molecule has 0 radical (unpaired) electrons. The fourth-order valence-electron chi connectivity index (χ4n) is 1.71. The lowest BCUT2D eigenvalue weighted by Gasteiger charge is -2.21. The summed E-state index contributed by atoms with van der Waals surface area (Å²) in [6, 6.07) is 8.27. The van der Waals surface area contributed by atoms with Crippen molar-refractivity contribution in [2.75, 3.05) is 0 Å². The topological polar surface area (TPSA) is 26.0 Å². The van der Waals surface area contributed by atoms with Gasteiger partial charge in [-0.1, -0.05) is 37.9 Å². The molecular weight excluding hydrogens is 238 g/mol. The molecule has 3 heteroatoms. The second-order valence-electron chi connectivity index (χ2n) is 3.97. The number of benzene rings is 1. The second kappa shape index (κ2) is 7.21. The third kappa shape index (κ3) is 4.36. The van der Waals surface area contributed by atoms with Gasteiger partial charge in [-0.25, -0.2) is 0 Å². The van der Waals surface area contributed by atoms with E-state index in [9.17, 15) is 0 Å². The van der Waals surface area contributed by atoms with E-state index in [1.807, 2.05) is 30.0 Å². The van der Waals surface area contributed by atoms with Gasteiger partial charge in [0.2, 0.25) is 0 Å². The summed E-state index contributed by atoms with van der Waals surface area (Å²) in [5, 5.41) is 1.28. The maximum Gasteiger partial charge on any atom is 0.0417 e. The molecule has 1 aromatic rings. The fraction of sp³-hybridized carbons (Fsp3) is 0.538. The molecule has 0 bridgehead atoms. The monoisotopic (exact) mass is 257 g/mol. The Morgan fingerprint density at radius 3 is 2.69 bits per heavy atom. The van der Waals surface area contributed by atoms with Crippen molar-refractivity contribution in [2.24, 2.45) is 5.73 Å². The number of rotatable bonds is 6. The van der Waals surface area contributed by atoms with Crippen LogP contribution in [0.25, 0.3) is 0 Å². The highest BCUT2D eigenvalue weighted by atomic mass is 35.5. The van der Waals surface area contributed by atoms with Gasteiger partial charge in [0.05, 0.1) is 0 Å². The first-order valence-electron chi connectivity index (χ1n) is 5.85. The van der Waals surface area contributed by atoms with Crippen molar-refractivity contribution in [2.45, 2.75) is 49.3 Å². The van der Waals surface area contributed by atoms with Gasteiger partial charge in [-0.2, -0.15) is 0 Å². The molecule has 0 amide bonds. The molecule has 0 aliphatic heterocycles. The minimum Gasteiger partial charge on any atom is -0.327 e. The zero-order chi connectivity index (χ0) is 12.0. The van der Waals surface area contributed by atoms with Crippen LogP contribution in [0.4, 0.5) is 0 Å². The van der Waals surface area contributed by atoms with E-state index in [0.29, 0.717) is 5.25 Å². The van der Waals surface area contributed by atoms with Crippen LogP contribution in [-0.4, -0.2) is 11.3 Å². The highest BCUT2D eigenvalue weighted by Crippen LogP contribution is 2.29. The van der Waals surface area contributed by atoms with Gasteiger partial charge in [0.15, 0.2) is 0 Å². The van der Waals surface area contributed by atoms with E-state index in [4.69, 9.17) is 17.3 Å². The molecule has 1 nitrogen and oxygen atoms in total. The average Bonchev–Trinajstić information content (AvgIpc) is 2.26. The Kier molecular flexibility index (Phi) is 6.25. The van der Waals surface area contributed by atoms with E-state index in [1.54, 1.807) is 0 Å². The number of nitrogens with two attached hydrogens (primary N) is 1. The predicted octanol–water partition coefficient (Wildman–Crippen LogP) is 4.34. The van der Waals surface area contributed by atoms with Crippen molar-refractivity contribution in [3.05, 3.63) is 29.3 Å².